The summed E-state index contributed by atoms with van der Waals surface area (Å²) in [4.78, 5) is 37.9. The second-order valence-corrected chi connectivity index (χ2v) is 7.95. The molecule has 28 heavy (non-hydrogen) atoms. The molecule has 4 rings (SSSR count). The lowest BCUT2D eigenvalue weighted by Crippen LogP contribution is -2.46. The molecule has 1 aromatic carbocycles. The van der Waals surface area contributed by atoms with Crippen LogP contribution in [0.3, 0.4) is 0 Å². The first-order chi connectivity index (χ1) is 13.5. The van der Waals surface area contributed by atoms with Crippen LogP contribution in [-0.2, 0) is 20.6 Å². The van der Waals surface area contributed by atoms with Gasteiger partial charge in [0.05, 0.1) is 0 Å². The van der Waals surface area contributed by atoms with Gasteiger partial charge in [-0.15, -0.1) is 11.8 Å². The van der Waals surface area contributed by atoms with Gasteiger partial charge >= 0.3 is 5.69 Å². The van der Waals surface area contributed by atoms with Crippen LogP contribution in [0.4, 0.5) is 5.95 Å². The van der Waals surface area contributed by atoms with E-state index in [4.69, 9.17) is 0 Å². The van der Waals surface area contributed by atoms with Crippen LogP contribution >= 0.6 is 11.8 Å². The maximum atomic E-state index is 12.3. The first kappa shape index (κ1) is 18.8. The third kappa shape index (κ3) is 3.35. The molecule has 0 spiro atoms. The van der Waals surface area contributed by atoms with Gasteiger partial charge in [-0.05, 0) is 24.0 Å². The quantitative estimate of drug-likeness (QED) is 0.659. The van der Waals surface area contributed by atoms with E-state index in [1.807, 2.05) is 0 Å². The van der Waals surface area contributed by atoms with Crippen molar-refractivity contribution in [1.82, 2.24) is 24.0 Å². The van der Waals surface area contributed by atoms with Gasteiger partial charge in [0, 0.05) is 51.7 Å². The van der Waals surface area contributed by atoms with Gasteiger partial charge in [-0.1, -0.05) is 12.1 Å². The number of aromatic nitrogens is 4. The zero-order valence-corrected chi connectivity index (χ0v) is 17.1. The highest BCUT2D eigenvalue weighted by atomic mass is 32.2. The number of piperazine rings is 1. The number of aromatic amines is 1. The molecule has 1 aliphatic rings. The van der Waals surface area contributed by atoms with E-state index in [0.717, 1.165) is 37.3 Å². The van der Waals surface area contributed by atoms with Crippen molar-refractivity contribution in [2.24, 2.45) is 14.1 Å². The monoisotopic (exact) mass is 400 g/mol. The summed E-state index contributed by atoms with van der Waals surface area (Å²) >= 11 is 1.75. The molecule has 1 N–H and O–H groups in total. The first-order valence-electron chi connectivity index (χ1n) is 9.24. The minimum atomic E-state index is -0.368. The van der Waals surface area contributed by atoms with Gasteiger partial charge in [-0.25, -0.2) is 9.78 Å². The Balaban J connectivity index is 1.47. The van der Waals surface area contributed by atoms with Crippen LogP contribution in [0.15, 0.2) is 38.8 Å². The molecule has 148 valence electrons. The SMILES string of the molecule is CSc1ccc(CN2CCN(c3nc4c(=O)n(C)c(=O)n(C)c4[nH]3)CC2)cc1. The molecule has 0 bridgehead atoms. The highest BCUT2D eigenvalue weighted by Crippen LogP contribution is 2.18. The van der Waals surface area contributed by atoms with Crippen molar-refractivity contribution in [3.05, 3.63) is 50.7 Å². The fourth-order valence-corrected chi connectivity index (χ4v) is 3.98. The summed E-state index contributed by atoms with van der Waals surface area (Å²) in [7, 11) is 3.12. The van der Waals surface area contributed by atoms with E-state index >= 15 is 0 Å². The van der Waals surface area contributed by atoms with Crippen molar-refractivity contribution in [2.45, 2.75) is 11.4 Å². The van der Waals surface area contributed by atoms with Gasteiger partial charge < -0.3 is 9.88 Å². The Morgan fingerprint density at radius 3 is 2.36 bits per heavy atom. The molecule has 0 aliphatic carbocycles. The van der Waals surface area contributed by atoms with Crippen LogP contribution in [0, 0.1) is 0 Å². The lowest BCUT2D eigenvalue weighted by atomic mass is 10.2. The Kier molecular flexibility index (Phi) is 5.03. The Morgan fingerprint density at radius 1 is 1.04 bits per heavy atom. The van der Waals surface area contributed by atoms with E-state index in [1.54, 1.807) is 18.8 Å². The molecule has 9 heteroatoms. The van der Waals surface area contributed by atoms with Gasteiger partial charge in [-0.3, -0.25) is 18.8 Å². The molecule has 0 saturated carbocycles. The molecule has 0 radical (unpaired) electrons. The summed E-state index contributed by atoms with van der Waals surface area (Å²) in [6, 6.07) is 8.70. The molecule has 3 heterocycles. The number of imidazole rings is 1. The maximum Gasteiger partial charge on any atom is 0.332 e. The van der Waals surface area contributed by atoms with E-state index in [0.29, 0.717) is 17.1 Å². The molecular weight excluding hydrogens is 376 g/mol. The number of hydrogen-bond acceptors (Lipinski definition) is 6. The van der Waals surface area contributed by atoms with Gasteiger partial charge in [0.1, 0.15) is 5.65 Å². The molecule has 3 aromatic rings. The molecular formula is C19H24N6O2S. The number of anilines is 1. The lowest BCUT2D eigenvalue weighted by molar-refractivity contribution is 0.249. The molecule has 2 aromatic heterocycles. The standard InChI is InChI=1S/C19H24N6O2S/c1-22-16-15(17(26)23(2)19(22)27)20-18(21-16)25-10-8-24(9-11-25)12-13-4-6-14(28-3)7-5-13/h4-7H,8-12H2,1-3H3,(H,20,21). The number of nitrogens with one attached hydrogen (secondary N) is 1. The van der Waals surface area contributed by atoms with E-state index < -0.39 is 0 Å². The predicted molar refractivity (Wildman–Crippen MR) is 112 cm³/mol. The minimum Gasteiger partial charge on any atom is -0.340 e. The minimum absolute atomic E-state index is 0.302. The Morgan fingerprint density at radius 2 is 1.71 bits per heavy atom. The third-order valence-electron chi connectivity index (χ3n) is 5.33. The summed E-state index contributed by atoms with van der Waals surface area (Å²) < 4.78 is 2.52. The smallest absolute Gasteiger partial charge is 0.332 e. The Hall–Kier alpha value is -2.52. The van der Waals surface area contributed by atoms with Crippen LogP contribution in [0.2, 0.25) is 0 Å². The molecule has 0 atom stereocenters. The summed E-state index contributed by atoms with van der Waals surface area (Å²) in [5.74, 6) is 0.650. The largest absolute Gasteiger partial charge is 0.340 e. The highest BCUT2D eigenvalue weighted by Gasteiger charge is 2.21. The van der Waals surface area contributed by atoms with Crippen molar-refractivity contribution in [1.29, 1.82) is 0 Å². The van der Waals surface area contributed by atoms with Crippen LogP contribution in [-0.4, -0.2) is 56.4 Å². The zero-order valence-electron chi connectivity index (χ0n) is 16.3. The summed E-state index contributed by atoms with van der Waals surface area (Å²) in [6.07, 6.45) is 2.08. The van der Waals surface area contributed by atoms with Crippen molar-refractivity contribution in [3.63, 3.8) is 0 Å². The van der Waals surface area contributed by atoms with E-state index in [2.05, 4.69) is 50.3 Å². The Bertz CT molecular complexity index is 1110. The normalized spacial score (nSPS) is 15.5. The maximum absolute atomic E-state index is 12.3. The van der Waals surface area contributed by atoms with E-state index in [1.165, 1.54) is 22.1 Å². The molecule has 1 saturated heterocycles. The number of H-pyrrole nitrogens is 1. The van der Waals surface area contributed by atoms with Crippen LogP contribution in [0.25, 0.3) is 11.2 Å². The van der Waals surface area contributed by atoms with Gasteiger partial charge in [0.15, 0.2) is 5.52 Å². The number of nitrogens with zero attached hydrogens (tertiary/aromatic N) is 5. The average Bonchev–Trinajstić information content (AvgIpc) is 3.17. The number of rotatable bonds is 4. The topological polar surface area (TPSA) is 79.2 Å². The molecule has 0 unspecified atom stereocenters. The third-order valence-corrected chi connectivity index (χ3v) is 6.07. The van der Waals surface area contributed by atoms with Gasteiger partial charge in [0.2, 0.25) is 5.95 Å². The molecule has 0 amide bonds. The van der Waals surface area contributed by atoms with Crippen molar-refractivity contribution >= 4 is 28.9 Å². The second kappa shape index (κ2) is 7.48. The fraction of sp³-hybridized carbons (Fsp3) is 0.421. The molecule has 1 aliphatic heterocycles. The van der Waals surface area contributed by atoms with Crippen molar-refractivity contribution in [3.8, 4) is 0 Å². The van der Waals surface area contributed by atoms with Crippen LogP contribution in [0.5, 0.6) is 0 Å². The van der Waals surface area contributed by atoms with E-state index in [9.17, 15) is 9.59 Å². The zero-order chi connectivity index (χ0) is 19.8. The summed E-state index contributed by atoms with van der Waals surface area (Å²) in [6.45, 7) is 4.39. The molecule has 1 fully saturated rings. The van der Waals surface area contributed by atoms with E-state index in [-0.39, 0.29) is 11.2 Å². The van der Waals surface area contributed by atoms with Crippen molar-refractivity contribution < 1.29 is 0 Å². The van der Waals surface area contributed by atoms with Gasteiger partial charge in [-0.2, -0.15) is 0 Å². The first-order valence-corrected chi connectivity index (χ1v) is 10.5. The number of hydrogen-bond donors (Lipinski definition) is 1. The van der Waals surface area contributed by atoms with Crippen LogP contribution < -0.4 is 16.1 Å². The second-order valence-electron chi connectivity index (χ2n) is 7.07. The molecule has 8 nitrogen and oxygen atoms in total. The number of benzene rings is 1. The fourth-order valence-electron chi connectivity index (χ4n) is 3.57. The lowest BCUT2D eigenvalue weighted by Gasteiger charge is -2.34. The number of fused-ring (bicyclic) bond motifs is 1. The number of thioether (sulfide) groups is 1. The number of aryl methyl sites for hydroxylation is 1. The summed E-state index contributed by atoms with van der Waals surface area (Å²) in [5, 5.41) is 0. The van der Waals surface area contributed by atoms with Gasteiger partial charge in [0.25, 0.3) is 5.56 Å². The average molecular weight is 401 g/mol. The van der Waals surface area contributed by atoms with Crippen molar-refractivity contribution in [2.75, 3.05) is 37.3 Å². The highest BCUT2D eigenvalue weighted by molar-refractivity contribution is 7.98. The van der Waals surface area contributed by atoms with Crippen LogP contribution in [0.1, 0.15) is 5.56 Å². The predicted octanol–water partition coefficient (Wildman–Crippen LogP) is 1.00. The summed E-state index contributed by atoms with van der Waals surface area (Å²) in [5.41, 5.74) is 1.36. The Labute approximate surface area is 166 Å².